The van der Waals surface area contributed by atoms with Crippen LogP contribution >= 0.6 is 11.5 Å². The SMILES string of the molecule is CC(Nc1nc(C(F)(F)F)ns1)(C(=O)O)C1CC1. The van der Waals surface area contributed by atoms with Crippen LogP contribution in [-0.4, -0.2) is 26.0 Å². The fraction of sp³-hybridized carbons (Fsp3) is 0.667. The van der Waals surface area contributed by atoms with Crippen LogP contribution in [0.1, 0.15) is 25.6 Å². The zero-order valence-corrected chi connectivity index (χ0v) is 10.1. The number of carbonyl (C=O) groups is 1. The zero-order chi connectivity index (χ0) is 13.6. The largest absolute Gasteiger partial charge is 0.480 e. The van der Waals surface area contributed by atoms with Crippen LogP contribution in [-0.2, 0) is 11.0 Å². The first-order chi connectivity index (χ1) is 8.23. The molecule has 0 amide bonds. The van der Waals surface area contributed by atoms with Gasteiger partial charge in [0.25, 0.3) is 0 Å². The Bertz CT molecular complexity index is 472. The molecule has 0 aromatic carbocycles. The maximum atomic E-state index is 12.3. The smallest absolute Gasteiger partial charge is 0.452 e. The Morgan fingerprint density at radius 1 is 1.50 bits per heavy atom. The molecule has 2 rings (SSSR count). The fourth-order valence-electron chi connectivity index (χ4n) is 1.60. The molecule has 0 aliphatic heterocycles. The predicted octanol–water partition coefficient (Wildman–Crippen LogP) is 2.22. The van der Waals surface area contributed by atoms with E-state index in [1.165, 1.54) is 6.92 Å². The molecule has 0 spiro atoms. The minimum atomic E-state index is -4.62. The third kappa shape index (κ3) is 2.40. The number of halogens is 3. The third-order valence-electron chi connectivity index (χ3n) is 2.88. The molecule has 1 atom stereocenters. The predicted molar refractivity (Wildman–Crippen MR) is 57.3 cm³/mol. The van der Waals surface area contributed by atoms with Crippen LogP contribution in [0.3, 0.4) is 0 Å². The van der Waals surface area contributed by atoms with E-state index in [9.17, 15) is 18.0 Å². The second-order valence-corrected chi connectivity index (χ2v) is 5.08. The van der Waals surface area contributed by atoms with E-state index in [2.05, 4.69) is 14.7 Å². The Morgan fingerprint density at radius 2 is 2.11 bits per heavy atom. The highest BCUT2D eigenvalue weighted by Gasteiger charge is 2.48. The quantitative estimate of drug-likeness (QED) is 0.885. The van der Waals surface area contributed by atoms with Gasteiger partial charge in [-0.2, -0.15) is 22.5 Å². The van der Waals surface area contributed by atoms with E-state index in [0.29, 0.717) is 11.5 Å². The molecular formula is C9H10F3N3O2S. The van der Waals surface area contributed by atoms with Crippen LogP contribution in [0.4, 0.5) is 18.3 Å². The van der Waals surface area contributed by atoms with E-state index in [0.717, 1.165) is 12.8 Å². The second kappa shape index (κ2) is 4.08. The van der Waals surface area contributed by atoms with Crippen molar-refractivity contribution in [3.63, 3.8) is 0 Å². The average molecular weight is 281 g/mol. The first-order valence-electron chi connectivity index (χ1n) is 5.16. The van der Waals surface area contributed by atoms with Gasteiger partial charge in [0.15, 0.2) is 0 Å². The highest BCUT2D eigenvalue weighted by atomic mass is 32.1. The van der Waals surface area contributed by atoms with Crippen LogP contribution in [0, 0.1) is 5.92 Å². The molecule has 2 N–H and O–H groups in total. The summed E-state index contributed by atoms with van der Waals surface area (Å²) >= 11 is 0.510. The number of aromatic nitrogens is 2. The van der Waals surface area contributed by atoms with Gasteiger partial charge in [-0.1, -0.05) is 0 Å². The van der Waals surface area contributed by atoms with E-state index in [4.69, 9.17) is 5.11 Å². The number of carboxylic acid groups (broad SMARTS) is 1. The molecule has 0 bridgehead atoms. The number of rotatable bonds is 4. The minimum Gasteiger partial charge on any atom is -0.480 e. The van der Waals surface area contributed by atoms with Gasteiger partial charge in [-0.25, -0.2) is 4.79 Å². The highest BCUT2D eigenvalue weighted by Crippen LogP contribution is 2.42. The number of nitrogens with one attached hydrogen (secondary N) is 1. The molecule has 0 radical (unpaired) electrons. The summed E-state index contributed by atoms with van der Waals surface area (Å²) in [5, 5.41) is 11.6. The van der Waals surface area contributed by atoms with Gasteiger partial charge in [0.2, 0.25) is 11.0 Å². The first kappa shape index (κ1) is 13.1. The molecule has 1 aromatic heterocycles. The average Bonchev–Trinajstić information content (AvgIpc) is 2.98. The molecule has 1 aliphatic carbocycles. The Hall–Kier alpha value is -1.38. The summed E-state index contributed by atoms with van der Waals surface area (Å²) in [7, 11) is 0. The Kier molecular flexibility index (Phi) is 2.96. The first-order valence-corrected chi connectivity index (χ1v) is 5.93. The van der Waals surface area contributed by atoms with Crippen LogP contribution in [0.25, 0.3) is 0 Å². The van der Waals surface area contributed by atoms with Crippen molar-refractivity contribution in [2.24, 2.45) is 5.92 Å². The maximum Gasteiger partial charge on any atom is 0.452 e. The summed E-state index contributed by atoms with van der Waals surface area (Å²) in [5.41, 5.74) is -1.29. The molecule has 1 unspecified atom stereocenters. The van der Waals surface area contributed by atoms with Crippen molar-refractivity contribution in [3.05, 3.63) is 5.82 Å². The molecule has 1 saturated carbocycles. The molecule has 1 aliphatic rings. The van der Waals surface area contributed by atoms with Crippen molar-refractivity contribution >= 4 is 22.6 Å². The summed E-state index contributed by atoms with van der Waals surface area (Å²) in [5.74, 6) is -2.44. The molecule has 9 heteroatoms. The molecule has 1 aromatic rings. The molecule has 1 fully saturated rings. The van der Waals surface area contributed by atoms with Crippen molar-refractivity contribution in [3.8, 4) is 0 Å². The van der Waals surface area contributed by atoms with Gasteiger partial charge in [0.1, 0.15) is 5.54 Å². The second-order valence-electron chi connectivity index (χ2n) is 4.33. The normalized spacial score (nSPS) is 19.3. The van der Waals surface area contributed by atoms with Gasteiger partial charge in [0, 0.05) is 11.5 Å². The van der Waals surface area contributed by atoms with Gasteiger partial charge in [0.05, 0.1) is 0 Å². The summed E-state index contributed by atoms with van der Waals surface area (Å²) in [6.45, 7) is 1.45. The van der Waals surface area contributed by atoms with Gasteiger partial charge in [-0.05, 0) is 25.7 Å². The van der Waals surface area contributed by atoms with E-state index < -0.39 is 23.5 Å². The Labute approximate surface area is 104 Å². The lowest BCUT2D eigenvalue weighted by Crippen LogP contribution is -2.45. The highest BCUT2D eigenvalue weighted by molar-refractivity contribution is 7.09. The number of alkyl halides is 3. The molecule has 1 heterocycles. The molecule has 100 valence electrons. The van der Waals surface area contributed by atoms with Crippen molar-refractivity contribution in [2.45, 2.75) is 31.5 Å². The van der Waals surface area contributed by atoms with Gasteiger partial charge in [-0.3, -0.25) is 0 Å². The van der Waals surface area contributed by atoms with Gasteiger partial charge < -0.3 is 10.4 Å². The number of hydrogen-bond acceptors (Lipinski definition) is 5. The standard InChI is InChI=1S/C9H10F3N3O2S/c1-8(6(16)17,4-2-3-4)14-7-13-5(15-18-7)9(10,11)12/h4H,2-3H2,1H3,(H,16,17)(H,13,14,15). The van der Waals surface area contributed by atoms with Crippen molar-refractivity contribution in [2.75, 3.05) is 5.32 Å². The molecule has 5 nitrogen and oxygen atoms in total. The van der Waals surface area contributed by atoms with E-state index in [1.807, 2.05) is 0 Å². The Balaban J connectivity index is 2.18. The van der Waals surface area contributed by atoms with Gasteiger partial charge in [-0.15, -0.1) is 0 Å². The monoisotopic (exact) mass is 281 g/mol. The van der Waals surface area contributed by atoms with Crippen LogP contribution in [0.15, 0.2) is 0 Å². The third-order valence-corrected chi connectivity index (χ3v) is 3.51. The number of nitrogens with zero attached hydrogens (tertiary/aromatic N) is 2. The minimum absolute atomic E-state index is 0.0896. The number of hydrogen-bond donors (Lipinski definition) is 2. The number of carboxylic acids is 1. The molecule has 18 heavy (non-hydrogen) atoms. The van der Waals surface area contributed by atoms with E-state index in [-0.39, 0.29) is 11.0 Å². The van der Waals surface area contributed by atoms with Crippen molar-refractivity contribution < 1.29 is 23.1 Å². The maximum absolute atomic E-state index is 12.3. The summed E-state index contributed by atoms with van der Waals surface area (Å²) < 4.78 is 40.1. The summed E-state index contributed by atoms with van der Waals surface area (Å²) in [4.78, 5) is 14.4. The van der Waals surface area contributed by atoms with Crippen LogP contribution in [0.5, 0.6) is 0 Å². The molecular weight excluding hydrogens is 271 g/mol. The van der Waals surface area contributed by atoms with Crippen LogP contribution < -0.4 is 5.32 Å². The zero-order valence-electron chi connectivity index (χ0n) is 9.28. The topological polar surface area (TPSA) is 75.1 Å². The molecule has 0 saturated heterocycles. The lowest BCUT2D eigenvalue weighted by molar-refractivity contribution is -0.144. The number of anilines is 1. The lowest BCUT2D eigenvalue weighted by atomic mass is 9.96. The van der Waals surface area contributed by atoms with Crippen molar-refractivity contribution in [1.82, 2.24) is 9.36 Å². The van der Waals surface area contributed by atoms with Crippen molar-refractivity contribution in [1.29, 1.82) is 0 Å². The summed E-state index contributed by atoms with van der Waals surface area (Å²) in [6, 6.07) is 0. The van der Waals surface area contributed by atoms with E-state index in [1.54, 1.807) is 0 Å². The van der Waals surface area contributed by atoms with E-state index >= 15 is 0 Å². The number of aliphatic carboxylic acids is 1. The summed E-state index contributed by atoms with van der Waals surface area (Å²) in [6.07, 6.45) is -3.14. The van der Waals surface area contributed by atoms with Gasteiger partial charge >= 0.3 is 12.1 Å². The Morgan fingerprint density at radius 3 is 2.50 bits per heavy atom. The fourth-order valence-corrected chi connectivity index (χ4v) is 2.30. The lowest BCUT2D eigenvalue weighted by Gasteiger charge is -2.25. The van der Waals surface area contributed by atoms with Crippen LogP contribution in [0.2, 0.25) is 0 Å².